The number of aromatic nitrogens is 2. The lowest BCUT2D eigenvalue weighted by molar-refractivity contribution is 0.223. The van der Waals surface area contributed by atoms with Crippen LogP contribution in [0.3, 0.4) is 0 Å². The third kappa shape index (κ3) is 3.38. The van der Waals surface area contributed by atoms with Crippen LogP contribution in [0, 0.1) is 6.92 Å². The van der Waals surface area contributed by atoms with Crippen LogP contribution in [-0.4, -0.2) is 21.4 Å². The fourth-order valence-electron chi connectivity index (χ4n) is 3.19. The monoisotopic (exact) mass is 355 g/mol. The predicted molar refractivity (Wildman–Crippen MR) is 96.6 cm³/mol. The third-order valence-corrected chi connectivity index (χ3v) is 4.69. The summed E-state index contributed by atoms with van der Waals surface area (Å²) in [5.41, 5.74) is 2.64. The first-order chi connectivity index (χ1) is 12.1. The Balaban J connectivity index is 1.50. The first-order valence-electron chi connectivity index (χ1n) is 8.24. The summed E-state index contributed by atoms with van der Waals surface area (Å²) in [5.74, 6) is 2.37. The van der Waals surface area contributed by atoms with Crippen molar-refractivity contribution in [2.75, 3.05) is 6.54 Å². The zero-order valence-corrected chi connectivity index (χ0v) is 14.6. The van der Waals surface area contributed by atoms with Gasteiger partial charge in [-0.25, -0.2) is 4.98 Å². The van der Waals surface area contributed by atoms with Gasteiger partial charge in [-0.15, -0.1) is 0 Å². The number of aromatic amines is 1. The van der Waals surface area contributed by atoms with Crippen LogP contribution in [0.4, 0.5) is 0 Å². The van der Waals surface area contributed by atoms with Gasteiger partial charge < -0.3 is 9.40 Å². The summed E-state index contributed by atoms with van der Waals surface area (Å²) in [6.45, 7) is 3.93. The molecule has 3 aromatic rings. The number of halogens is 1. The Bertz CT molecular complexity index is 960. The number of aryl methyl sites for hydroxylation is 1. The number of fused-ring (bicyclic) bond motifs is 1. The van der Waals surface area contributed by atoms with Gasteiger partial charge in [-0.2, -0.15) is 0 Å². The van der Waals surface area contributed by atoms with E-state index in [1.165, 1.54) is 0 Å². The number of hydrogen-bond donors (Lipinski definition) is 1. The molecule has 3 heterocycles. The van der Waals surface area contributed by atoms with Crippen molar-refractivity contribution in [2.24, 2.45) is 0 Å². The summed E-state index contributed by atoms with van der Waals surface area (Å²) in [6.07, 6.45) is 0.783. The van der Waals surface area contributed by atoms with Crippen molar-refractivity contribution in [1.82, 2.24) is 14.9 Å². The average Bonchev–Trinajstić information content (AvgIpc) is 3.04. The minimum atomic E-state index is -0.0338. The molecule has 0 aliphatic carbocycles. The zero-order chi connectivity index (χ0) is 17.4. The lowest BCUT2D eigenvalue weighted by atomic mass is 10.1. The minimum Gasteiger partial charge on any atom is -0.460 e. The summed E-state index contributed by atoms with van der Waals surface area (Å²) < 4.78 is 5.96. The van der Waals surface area contributed by atoms with E-state index in [-0.39, 0.29) is 5.56 Å². The van der Waals surface area contributed by atoms with Gasteiger partial charge >= 0.3 is 0 Å². The van der Waals surface area contributed by atoms with Crippen molar-refractivity contribution in [3.8, 4) is 11.3 Å². The lowest BCUT2D eigenvalue weighted by Crippen LogP contribution is -2.35. The first kappa shape index (κ1) is 16.1. The molecule has 0 fully saturated rings. The SMILES string of the molecule is Cc1nc2c(c(=O)[nH]1)CN(Cc1ccc(-c3ccc(Cl)cc3)o1)CC2. The maximum Gasteiger partial charge on any atom is 0.255 e. The van der Waals surface area contributed by atoms with Crippen LogP contribution >= 0.6 is 11.6 Å². The number of benzene rings is 1. The highest BCUT2D eigenvalue weighted by molar-refractivity contribution is 6.30. The Morgan fingerprint density at radius 3 is 2.84 bits per heavy atom. The number of hydrogen-bond acceptors (Lipinski definition) is 4. The fourth-order valence-corrected chi connectivity index (χ4v) is 3.32. The van der Waals surface area contributed by atoms with Crippen LogP contribution < -0.4 is 5.56 Å². The second-order valence-electron chi connectivity index (χ2n) is 6.31. The topological polar surface area (TPSA) is 62.1 Å². The molecule has 5 nitrogen and oxygen atoms in total. The molecule has 25 heavy (non-hydrogen) atoms. The standard InChI is InChI=1S/C19H18ClN3O2/c1-12-21-17-8-9-23(11-16(17)19(24)22-12)10-15-6-7-18(25-15)13-2-4-14(20)5-3-13/h2-7H,8-11H2,1H3,(H,21,22,24). The highest BCUT2D eigenvalue weighted by Crippen LogP contribution is 2.25. The maximum absolute atomic E-state index is 12.1. The van der Waals surface area contributed by atoms with Crippen molar-refractivity contribution < 1.29 is 4.42 Å². The average molecular weight is 356 g/mol. The van der Waals surface area contributed by atoms with Crippen molar-refractivity contribution in [2.45, 2.75) is 26.4 Å². The van der Waals surface area contributed by atoms with E-state index in [9.17, 15) is 4.79 Å². The molecule has 4 rings (SSSR count). The molecule has 0 atom stereocenters. The van der Waals surface area contributed by atoms with E-state index in [1.54, 1.807) is 0 Å². The fraction of sp³-hybridized carbons (Fsp3) is 0.263. The van der Waals surface area contributed by atoms with Crippen LogP contribution in [0.15, 0.2) is 45.6 Å². The molecule has 1 aliphatic rings. The van der Waals surface area contributed by atoms with E-state index < -0.39 is 0 Å². The largest absolute Gasteiger partial charge is 0.460 e. The maximum atomic E-state index is 12.1. The van der Waals surface area contributed by atoms with Gasteiger partial charge in [0.15, 0.2) is 0 Å². The lowest BCUT2D eigenvalue weighted by Gasteiger charge is -2.26. The van der Waals surface area contributed by atoms with Gasteiger partial charge in [0.05, 0.1) is 17.8 Å². The third-order valence-electron chi connectivity index (χ3n) is 4.44. The van der Waals surface area contributed by atoms with Gasteiger partial charge in [0.2, 0.25) is 0 Å². The normalized spacial score (nSPS) is 14.5. The van der Waals surface area contributed by atoms with E-state index in [1.807, 2.05) is 43.3 Å². The molecule has 0 saturated heterocycles. The molecule has 6 heteroatoms. The highest BCUT2D eigenvalue weighted by Gasteiger charge is 2.21. The van der Waals surface area contributed by atoms with E-state index in [4.69, 9.17) is 16.0 Å². The van der Waals surface area contributed by atoms with E-state index in [0.717, 1.165) is 41.3 Å². The molecule has 0 radical (unpaired) electrons. The van der Waals surface area contributed by atoms with Crippen molar-refractivity contribution >= 4 is 11.6 Å². The van der Waals surface area contributed by atoms with Gasteiger partial charge in [0.1, 0.15) is 17.3 Å². The molecule has 128 valence electrons. The quantitative estimate of drug-likeness (QED) is 0.780. The second-order valence-corrected chi connectivity index (χ2v) is 6.75. The molecule has 0 spiro atoms. The Hall–Kier alpha value is -2.37. The van der Waals surface area contributed by atoms with Gasteiger partial charge in [0, 0.05) is 30.1 Å². The van der Waals surface area contributed by atoms with Crippen LogP contribution in [0.1, 0.15) is 22.8 Å². The first-order valence-corrected chi connectivity index (χ1v) is 8.62. The van der Waals surface area contributed by atoms with Crippen LogP contribution in [-0.2, 0) is 19.5 Å². The summed E-state index contributed by atoms with van der Waals surface area (Å²) in [6, 6.07) is 11.5. The van der Waals surface area contributed by atoms with Gasteiger partial charge in [-0.1, -0.05) is 11.6 Å². The van der Waals surface area contributed by atoms with Gasteiger partial charge in [-0.3, -0.25) is 9.69 Å². The highest BCUT2D eigenvalue weighted by atomic mass is 35.5. The van der Waals surface area contributed by atoms with Gasteiger partial charge in [-0.05, 0) is 43.3 Å². The molecule has 1 N–H and O–H groups in total. The Kier molecular flexibility index (Phi) is 4.19. The van der Waals surface area contributed by atoms with E-state index in [0.29, 0.717) is 23.9 Å². The molecule has 0 bridgehead atoms. The van der Waals surface area contributed by atoms with Crippen molar-refractivity contribution in [1.29, 1.82) is 0 Å². The van der Waals surface area contributed by atoms with E-state index in [2.05, 4.69) is 14.9 Å². The van der Waals surface area contributed by atoms with Crippen LogP contribution in [0.2, 0.25) is 5.02 Å². The number of H-pyrrole nitrogens is 1. The Morgan fingerprint density at radius 2 is 2.04 bits per heavy atom. The molecule has 0 saturated carbocycles. The molecule has 0 amide bonds. The second kappa shape index (κ2) is 6.50. The summed E-state index contributed by atoms with van der Waals surface area (Å²) >= 11 is 5.93. The molecular weight excluding hydrogens is 338 g/mol. The van der Waals surface area contributed by atoms with E-state index >= 15 is 0 Å². The Labute approximate surface area is 150 Å². The van der Waals surface area contributed by atoms with Crippen LogP contribution in [0.25, 0.3) is 11.3 Å². The van der Waals surface area contributed by atoms with Crippen molar-refractivity contribution in [3.05, 3.63) is 74.6 Å². The number of rotatable bonds is 3. The molecule has 0 unspecified atom stereocenters. The molecule has 1 aromatic carbocycles. The van der Waals surface area contributed by atoms with Gasteiger partial charge in [0.25, 0.3) is 5.56 Å². The summed E-state index contributed by atoms with van der Waals surface area (Å²) in [4.78, 5) is 21.6. The summed E-state index contributed by atoms with van der Waals surface area (Å²) in [7, 11) is 0. The number of nitrogens with zero attached hydrogens (tertiary/aromatic N) is 2. The van der Waals surface area contributed by atoms with Crippen molar-refractivity contribution in [3.63, 3.8) is 0 Å². The Morgan fingerprint density at radius 1 is 1.24 bits per heavy atom. The molecule has 2 aromatic heterocycles. The minimum absolute atomic E-state index is 0.0338. The zero-order valence-electron chi connectivity index (χ0n) is 13.9. The smallest absolute Gasteiger partial charge is 0.255 e. The number of nitrogens with one attached hydrogen (secondary N) is 1. The molecule has 1 aliphatic heterocycles. The number of furan rings is 1. The predicted octanol–water partition coefficient (Wildman–Crippen LogP) is 3.55. The summed E-state index contributed by atoms with van der Waals surface area (Å²) in [5, 5.41) is 0.705. The van der Waals surface area contributed by atoms with Crippen LogP contribution in [0.5, 0.6) is 0 Å². The molecular formula is C19H18ClN3O2.